The van der Waals surface area contributed by atoms with Crippen LogP contribution < -0.4 is 11.1 Å². The lowest BCUT2D eigenvalue weighted by Crippen LogP contribution is -2.13. The number of nitrogens with two attached hydrogens (primary N) is 1. The van der Waals surface area contributed by atoms with Crippen LogP contribution in [0.4, 0.5) is 10.5 Å². The van der Waals surface area contributed by atoms with Crippen LogP contribution in [0.2, 0.25) is 0 Å². The van der Waals surface area contributed by atoms with Gasteiger partial charge in [-0.2, -0.15) is 0 Å². The molecule has 1 rings (SSSR count). The highest BCUT2D eigenvalue weighted by Crippen LogP contribution is 2.09. The Bertz CT molecular complexity index is 347. The Morgan fingerprint density at radius 1 is 1.44 bits per heavy atom. The Hall–Kier alpha value is -1.81. The average molecular weight is 220 g/mol. The zero-order valence-corrected chi connectivity index (χ0v) is 9.11. The van der Waals surface area contributed by atoms with Crippen LogP contribution in [0.25, 0.3) is 0 Å². The van der Waals surface area contributed by atoms with Gasteiger partial charge in [-0.15, -0.1) is 0 Å². The first-order valence-corrected chi connectivity index (χ1v) is 5.10. The van der Waals surface area contributed by atoms with Crippen LogP contribution in [0.3, 0.4) is 0 Å². The number of nitrogens with one attached hydrogen (secondary N) is 1. The van der Waals surface area contributed by atoms with E-state index in [1.54, 1.807) is 0 Å². The maximum absolute atomic E-state index is 11.2. The fourth-order valence-corrected chi connectivity index (χ4v) is 1.21. The summed E-state index contributed by atoms with van der Waals surface area (Å²) in [5.41, 5.74) is 7.28. The topological polar surface area (TPSA) is 64.3 Å². The monoisotopic (exact) mass is 220 g/mol. The number of benzene rings is 1. The molecule has 0 spiro atoms. The van der Waals surface area contributed by atoms with Crippen molar-refractivity contribution < 1.29 is 9.53 Å². The minimum absolute atomic E-state index is 0.205. The molecule has 3 N–H and O–H groups in total. The first-order chi connectivity index (χ1) is 7.76. The van der Waals surface area contributed by atoms with Gasteiger partial charge in [0.05, 0.1) is 0 Å². The van der Waals surface area contributed by atoms with Gasteiger partial charge in [0, 0.05) is 5.69 Å². The van der Waals surface area contributed by atoms with Gasteiger partial charge in [0.25, 0.3) is 0 Å². The van der Waals surface area contributed by atoms with Crippen molar-refractivity contribution in [2.24, 2.45) is 5.73 Å². The smallest absolute Gasteiger partial charge is 0.411 e. The minimum atomic E-state index is -0.480. The number of anilines is 1. The summed E-state index contributed by atoms with van der Waals surface area (Å²) in [6.07, 6.45) is 1.87. The van der Waals surface area contributed by atoms with Gasteiger partial charge < -0.3 is 10.5 Å². The van der Waals surface area contributed by atoms with Crippen LogP contribution in [0.15, 0.2) is 36.9 Å². The van der Waals surface area contributed by atoms with Crippen molar-refractivity contribution in [1.29, 1.82) is 0 Å². The fraction of sp³-hybridized carbons (Fsp3) is 0.250. The predicted molar refractivity (Wildman–Crippen MR) is 64.4 cm³/mol. The second-order valence-corrected chi connectivity index (χ2v) is 3.25. The average Bonchev–Trinajstić information content (AvgIpc) is 2.29. The van der Waals surface area contributed by atoms with Crippen molar-refractivity contribution in [2.75, 3.05) is 18.5 Å². The fourth-order valence-electron chi connectivity index (χ4n) is 1.21. The molecule has 1 amide bonds. The lowest BCUT2D eigenvalue weighted by Gasteiger charge is -2.06. The molecular formula is C12H16N2O2. The van der Waals surface area contributed by atoms with E-state index < -0.39 is 6.09 Å². The minimum Gasteiger partial charge on any atom is -0.445 e. The Morgan fingerprint density at radius 3 is 2.69 bits per heavy atom. The van der Waals surface area contributed by atoms with Crippen molar-refractivity contribution in [3.05, 3.63) is 42.5 Å². The van der Waals surface area contributed by atoms with E-state index in [0.717, 1.165) is 12.0 Å². The summed E-state index contributed by atoms with van der Waals surface area (Å²) in [6, 6.07) is 7.49. The molecule has 86 valence electrons. The Kier molecular flexibility index (Phi) is 5.08. The van der Waals surface area contributed by atoms with Crippen LogP contribution in [-0.2, 0) is 11.2 Å². The molecule has 0 unspecified atom stereocenters. The lowest BCUT2D eigenvalue weighted by atomic mass is 10.1. The standard InChI is InChI=1S/C12H16N2O2/c1-2-9-16-12(15)14-11-5-3-10(4-6-11)7-8-13/h2-6H,1,7-9,13H2,(H,14,15). The maximum atomic E-state index is 11.2. The maximum Gasteiger partial charge on any atom is 0.411 e. The van der Waals surface area contributed by atoms with Crippen LogP contribution in [-0.4, -0.2) is 19.2 Å². The first-order valence-electron chi connectivity index (χ1n) is 5.10. The highest BCUT2D eigenvalue weighted by Gasteiger charge is 2.01. The number of amides is 1. The highest BCUT2D eigenvalue weighted by atomic mass is 16.5. The van der Waals surface area contributed by atoms with Crippen molar-refractivity contribution >= 4 is 11.8 Å². The molecule has 4 heteroatoms. The summed E-state index contributed by atoms with van der Waals surface area (Å²) < 4.78 is 4.78. The van der Waals surface area contributed by atoms with Gasteiger partial charge in [-0.25, -0.2) is 4.79 Å². The summed E-state index contributed by atoms with van der Waals surface area (Å²) in [4.78, 5) is 11.2. The zero-order valence-electron chi connectivity index (χ0n) is 9.11. The molecule has 0 saturated heterocycles. The summed E-state index contributed by atoms with van der Waals surface area (Å²) in [7, 11) is 0. The van der Waals surface area contributed by atoms with Gasteiger partial charge in [-0.1, -0.05) is 24.8 Å². The SMILES string of the molecule is C=CCOC(=O)Nc1ccc(CCN)cc1. The van der Waals surface area contributed by atoms with E-state index in [1.807, 2.05) is 24.3 Å². The number of ether oxygens (including phenoxy) is 1. The summed E-state index contributed by atoms with van der Waals surface area (Å²) in [6.45, 7) is 4.28. The molecule has 0 radical (unpaired) electrons. The number of hydrogen-bond donors (Lipinski definition) is 2. The second kappa shape index (κ2) is 6.63. The van der Waals surface area contributed by atoms with Crippen molar-refractivity contribution in [1.82, 2.24) is 0 Å². The van der Waals surface area contributed by atoms with E-state index >= 15 is 0 Å². The molecule has 4 nitrogen and oxygen atoms in total. The van der Waals surface area contributed by atoms with E-state index in [9.17, 15) is 4.79 Å². The highest BCUT2D eigenvalue weighted by molar-refractivity contribution is 5.84. The molecular weight excluding hydrogens is 204 g/mol. The van der Waals surface area contributed by atoms with E-state index in [0.29, 0.717) is 12.2 Å². The molecule has 1 aromatic rings. The lowest BCUT2D eigenvalue weighted by molar-refractivity contribution is 0.174. The summed E-state index contributed by atoms with van der Waals surface area (Å²) in [5.74, 6) is 0. The molecule has 0 bridgehead atoms. The Labute approximate surface area is 95.1 Å². The third kappa shape index (κ3) is 4.14. The van der Waals surface area contributed by atoms with E-state index in [4.69, 9.17) is 10.5 Å². The van der Waals surface area contributed by atoms with Crippen molar-refractivity contribution in [3.63, 3.8) is 0 Å². The molecule has 0 fully saturated rings. The Morgan fingerprint density at radius 2 is 2.12 bits per heavy atom. The molecule has 0 aliphatic carbocycles. The second-order valence-electron chi connectivity index (χ2n) is 3.25. The van der Waals surface area contributed by atoms with Gasteiger partial charge in [0.2, 0.25) is 0 Å². The predicted octanol–water partition coefficient (Wildman–Crippen LogP) is 1.92. The van der Waals surface area contributed by atoms with Crippen LogP contribution >= 0.6 is 0 Å². The molecule has 0 heterocycles. The van der Waals surface area contributed by atoms with Crippen LogP contribution in [0.5, 0.6) is 0 Å². The van der Waals surface area contributed by atoms with E-state index in [2.05, 4.69) is 11.9 Å². The quantitative estimate of drug-likeness (QED) is 0.745. The number of hydrogen-bond acceptors (Lipinski definition) is 3. The number of carbonyl (C=O) groups excluding carboxylic acids is 1. The Balaban J connectivity index is 2.48. The van der Waals surface area contributed by atoms with Gasteiger partial charge >= 0.3 is 6.09 Å². The van der Waals surface area contributed by atoms with Crippen LogP contribution in [0, 0.1) is 0 Å². The molecule has 0 saturated carbocycles. The molecule has 0 atom stereocenters. The van der Waals surface area contributed by atoms with Gasteiger partial charge in [0.15, 0.2) is 0 Å². The third-order valence-electron chi connectivity index (χ3n) is 1.97. The first kappa shape index (κ1) is 12.3. The summed E-state index contributed by atoms with van der Waals surface area (Å²) in [5, 5.41) is 2.61. The third-order valence-corrected chi connectivity index (χ3v) is 1.97. The molecule has 0 aliphatic rings. The zero-order chi connectivity index (χ0) is 11.8. The van der Waals surface area contributed by atoms with Gasteiger partial charge in [-0.05, 0) is 30.7 Å². The normalized spacial score (nSPS) is 9.56. The summed E-state index contributed by atoms with van der Waals surface area (Å²) >= 11 is 0. The molecule has 1 aromatic carbocycles. The molecule has 0 aromatic heterocycles. The van der Waals surface area contributed by atoms with Crippen molar-refractivity contribution in [2.45, 2.75) is 6.42 Å². The van der Waals surface area contributed by atoms with Crippen molar-refractivity contribution in [3.8, 4) is 0 Å². The van der Waals surface area contributed by atoms with Gasteiger partial charge in [0.1, 0.15) is 6.61 Å². The van der Waals surface area contributed by atoms with Crippen LogP contribution in [0.1, 0.15) is 5.56 Å². The molecule has 16 heavy (non-hydrogen) atoms. The number of carbonyl (C=O) groups is 1. The number of rotatable bonds is 5. The van der Waals surface area contributed by atoms with Gasteiger partial charge in [-0.3, -0.25) is 5.32 Å². The molecule has 0 aliphatic heterocycles. The van der Waals surface area contributed by atoms with E-state index in [-0.39, 0.29) is 6.61 Å². The largest absolute Gasteiger partial charge is 0.445 e. The van der Waals surface area contributed by atoms with E-state index in [1.165, 1.54) is 6.08 Å².